The fourth-order valence-corrected chi connectivity index (χ4v) is 2.03. The summed E-state index contributed by atoms with van der Waals surface area (Å²) in [5, 5.41) is 15.6. The highest BCUT2D eigenvalue weighted by atomic mass is 16.4. The van der Waals surface area contributed by atoms with E-state index >= 15 is 0 Å². The molecule has 0 aliphatic carbocycles. The third-order valence-electron chi connectivity index (χ3n) is 3.47. The molecule has 13 nitrogen and oxygen atoms in total. The van der Waals surface area contributed by atoms with Crippen molar-refractivity contribution in [3.05, 3.63) is 0 Å². The molecular formula is C15H26N6O7. The maximum atomic E-state index is 12.2. The van der Waals surface area contributed by atoms with E-state index in [9.17, 15) is 28.8 Å². The zero-order valence-electron chi connectivity index (χ0n) is 15.6. The number of hydrogen-bond donors (Lipinski definition) is 7. The van der Waals surface area contributed by atoms with Crippen LogP contribution in [0.5, 0.6) is 0 Å². The van der Waals surface area contributed by atoms with Gasteiger partial charge in [0.25, 0.3) is 0 Å². The number of carboxylic acid groups (broad SMARTS) is 1. The smallest absolute Gasteiger partial charge is 0.326 e. The Morgan fingerprint density at radius 3 is 1.86 bits per heavy atom. The van der Waals surface area contributed by atoms with E-state index < -0.39 is 78.9 Å². The minimum Gasteiger partial charge on any atom is -0.480 e. The number of aliphatic carboxylic acids is 1. The molecule has 3 atom stereocenters. The molecular weight excluding hydrogens is 376 g/mol. The molecule has 158 valence electrons. The van der Waals surface area contributed by atoms with Crippen LogP contribution >= 0.6 is 0 Å². The molecule has 28 heavy (non-hydrogen) atoms. The molecule has 0 aromatic heterocycles. The Balaban J connectivity index is 4.87. The summed E-state index contributed by atoms with van der Waals surface area (Å²) in [6.45, 7) is 2.57. The molecule has 10 N–H and O–H groups in total. The third kappa shape index (κ3) is 9.47. The fraction of sp³-hybridized carbons (Fsp3) is 0.600. The summed E-state index contributed by atoms with van der Waals surface area (Å²) >= 11 is 0. The third-order valence-corrected chi connectivity index (χ3v) is 3.47. The van der Waals surface area contributed by atoms with Gasteiger partial charge >= 0.3 is 5.97 Å². The molecule has 3 unspecified atom stereocenters. The monoisotopic (exact) mass is 402 g/mol. The van der Waals surface area contributed by atoms with E-state index in [-0.39, 0.29) is 0 Å². The standard InChI is InChI=1S/C15H26N6O7/c1-6(2)12(15(27)28)21-11(24)5-19-14(26)8(4-10(18)23)20-13(25)7(16)3-9(17)22/h6-8,12H,3-5,16H2,1-2H3,(H2,17,22)(H2,18,23)(H,19,26)(H,20,25)(H,21,24)(H,27,28). The van der Waals surface area contributed by atoms with E-state index in [1.807, 2.05) is 0 Å². The van der Waals surface area contributed by atoms with Crippen LogP contribution in [0.1, 0.15) is 26.7 Å². The van der Waals surface area contributed by atoms with Crippen LogP contribution in [0.25, 0.3) is 0 Å². The lowest BCUT2D eigenvalue weighted by Gasteiger charge is -2.20. The molecule has 0 aliphatic rings. The number of nitrogens with two attached hydrogens (primary N) is 3. The van der Waals surface area contributed by atoms with E-state index in [0.717, 1.165) is 0 Å². The Morgan fingerprint density at radius 2 is 1.43 bits per heavy atom. The van der Waals surface area contributed by atoms with Gasteiger partial charge in [-0.25, -0.2) is 4.79 Å². The highest BCUT2D eigenvalue weighted by molar-refractivity contribution is 5.96. The van der Waals surface area contributed by atoms with E-state index in [4.69, 9.17) is 22.3 Å². The molecule has 0 saturated heterocycles. The summed E-state index contributed by atoms with van der Waals surface area (Å²) in [4.78, 5) is 68.8. The highest BCUT2D eigenvalue weighted by Crippen LogP contribution is 2.01. The van der Waals surface area contributed by atoms with E-state index in [2.05, 4.69) is 16.0 Å². The van der Waals surface area contributed by atoms with Gasteiger partial charge in [-0.1, -0.05) is 13.8 Å². The summed E-state index contributed by atoms with van der Waals surface area (Å²) in [6, 6.07) is -3.94. The van der Waals surface area contributed by atoms with Gasteiger partial charge in [-0.05, 0) is 5.92 Å². The second-order valence-corrected chi connectivity index (χ2v) is 6.35. The van der Waals surface area contributed by atoms with E-state index in [0.29, 0.717) is 0 Å². The van der Waals surface area contributed by atoms with E-state index in [1.54, 1.807) is 13.8 Å². The maximum Gasteiger partial charge on any atom is 0.326 e. The van der Waals surface area contributed by atoms with Gasteiger partial charge in [0.15, 0.2) is 0 Å². The Morgan fingerprint density at radius 1 is 0.893 bits per heavy atom. The average Bonchev–Trinajstić information content (AvgIpc) is 2.55. The van der Waals surface area contributed by atoms with Crippen molar-refractivity contribution in [1.29, 1.82) is 0 Å². The van der Waals surface area contributed by atoms with Crippen molar-refractivity contribution in [2.75, 3.05) is 6.54 Å². The molecule has 5 amide bonds. The lowest BCUT2D eigenvalue weighted by molar-refractivity contribution is -0.143. The van der Waals surface area contributed by atoms with Crippen LogP contribution in [0.4, 0.5) is 0 Å². The summed E-state index contributed by atoms with van der Waals surface area (Å²) < 4.78 is 0. The Bertz CT molecular complexity index is 636. The van der Waals surface area contributed by atoms with Gasteiger partial charge in [0, 0.05) is 0 Å². The number of hydrogen-bond acceptors (Lipinski definition) is 7. The first-order valence-corrected chi connectivity index (χ1v) is 8.27. The lowest BCUT2D eigenvalue weighted by atomic mass is 10.0. The van der Waals surface area contributed by atoms with Crippen molar-refractivity contribution in [2.24, 2.45) is 23.1 Å². The largest absolute Gasteiger partial charge is 0.480 e. The van der Waals surface area contributed by atoms with Crippen molar-refractivity contribution in [2.45, 2.75) is 44.8 Å². The number of rotatable bonds is 12. The SMILES string of the molecule is CC(C)C(NC(=O)CNC(=O)C(CC(N)=O)NC(=O)C(N)CC(N)=O)C(=O)O. The molecule has 0 radical (unpaired) electrons. The van der Waals surface area contributed by atoms with Gasteiger partial charge in [-0.2, -0.15) is 0 Å². The molecule has 0 aliphatic heterocycles. The molecule has 0 rings (SSSR count). The second-order valence-electron chi connectivity index (χ2n) is 6.35. The van der Waals surface area contributed by atoms with Crippen molar-refractivity contribution in [3.8, 4) is 0 Å². The van der Waals surface area contributed by atoms with Gasteiger partial charge in [0.1, 0.15) is 12.1 Å². The molecule has 13 heteroatoms. The molecule has 0 saturated carbocycles. The van der Waals surface area contributed by atoms with Gasteiger partial charge in [0.2, 0.25) is 29.5 Å². The van der Waals surface area contributed by atoms with Gasteiger partial charge in [-0.3, -0.25) is 24.0 Å². The minimum absolute atomic E-state index is 0.397. The summed E-state index contributed by atoms with van der Waals surface area (Å²) in [6.07, 6.45) is -1.07. The molecule has 0 aromatic carbocycles. The van der Waals surface area contributed by atoms with Crippen molar-refractivity contribution in [1.82, 2.24) is 16.0 Å². The lowest BCUT2D eigenvalue weighted by Crippen LogP contribution is -2.55. The van der Waals surface area contributed by atoms with Crippen LogP contribution in [0, 0.1) is 5.92 Å². The number of carbonyl (C=O) groups is 6. The van der Waals surface area contributed by atoms with Crippen molar-refractivity contribution in [3.63, 3.8) is 0 Å². The second kappa shape index (κ2) is 11.5. The summed E-state index contributed by atoms with van der Waals surface area (Å²) in [5.74, 6) is -6.03. The number of primary amides is 2. The average molecular weight is 402 g/mol. The maximum absolute atomic E-state index is 12.2. The molecule has 0 spiro atoms. The van der Waals surface area contributed by atoms with Crippen LogP contribution in [0.15, 0.2) is 0 Å². The van der Waals surface area contributed by atoms with Crippen LogP contribution in [-0.2, 0) is 28.8 Å². The molecule has 0 heterocycles. The normalized spacial score (nSPS) is 13.7. The number of carbonyl (C=O) groups excluding carboxylic acids is 5. The van der Waals surface area contributed by atoms with Crippen molar-refractivity contribution < 1.29 is 33.9 Å². The number of nitrogens with one attached hydrogen (secondary N) is 3. The van der Waals surface area contributed by atoms with Gasteiger partial charge < -0.3 is 38.3 Å². The zero-order valence-corrected chi connectivity index (χ0v) is 15.6. The highest BCUT2D eigenvalue weighted by Gasteiger charge is 2.27. The van der Waals surface area contributed by atoms with Crippen LogP contribution in [0.2, 0.25) is 0 Å². The quantitative estimate of drug-likeness (QED) is 0.169. The molecule has 0 bridgehead atoms. The van der Waals surface area contributed by atoms with Gasteiger partial charge in [-0.15, -0.1) is 0 Å². The first-order chi connectivity index (χ1) is 12.8. The summed E-state index contributed by atoms with van der Waals surface area (Å²) in [5.41, 5.74) is 15.4. The van der Waals surface area contributed by atoms with E-state index in [1.165, 1.54) is 0 Å². The Hall–Kier alpha value is -3.22. The Labute approximate surface area is 160 Å². The zero-order chi connectivity index (χ0) is 22.0. The topological polar surface area (TPSA) is 237 Å². The summed E-state index contributed by atoms with van der Waals surface area (Å²) in [7, 11) is 0. The van der Waals surface area contributed by atoms with Crippen LogP contribution < -0.4 is 33.2 Å². The van der Waals surface area contributed by atoms with Gasteiger partial charge in [0.05, 0.1) is 25.4 Å². The van der Waals surface area contributed by atoms with Crippen LogP contribution in [-0.4, -0.2) is 65.3 Å². The first kappa shape index (κ1) is 24.8. The van der Waals surface area contributed by atoms with Crippen LogP contribution in [0.3, 0.4) is 0 Å². The first-order valence-electron chi connectivity index (χ1n) is 8.27. The molecule has 0 aromatic rings. The number of carboxylic acids is 1. The number of amides is 5. The van der Waals surface area contributed by atoms with Crippen molar-refractivity contribution >= 4 is 35.5 Å². The minimum atomic E-state index is -1.45. The fourth-order valence-electron chi connectivity index (χ4n) is 2.03. The molecule has 0 fully saturated rings. The predicted octanol–water partition coefficient (Wildman–Crippen LogP) is -4.11. The predicted molar refractivity (Wildman–Crippen MR) is 94.9 cm³/mol. The Kier molecular flexibility index (Phi) is 10.2.